The molecule has 2 aliphatic heterocycles. The third-order valence-electron chi connectivity index (χ3n) is 6.19. The number of nitrogens with one attached hydrogen (secondary N) is 2. The average Bonchev–Trinajstić information content (AvgIpc) is 2.95. The number of anilines is 1. The summed E-state index contributed by atoms with van der Waals surface area (Å²) in [7, 11) is 5.92. The molecule has 2 atom stereocenters. The normalized spacial score (nSPS) is 23.5. The zero-order valence-electron chi connectivity index (χ0n) is 20.2. The number of hydrogen-bond acceptors (Lipinski definition) is 4. The van der Waals surface area contributed by atoms with Gasteiger partial charge in [-0.3, -0.25) is 4.99 Å². The fourth-order valence-electron chi connectivity index (χ4n) is 4.63. The summed E-state index contributed by atoms with van der Waals surface area (Å²) in [6, 6.07) is 7.31. The highest BCUT2D eigenvalue weighted by atomic mass is 16.6. The molecule has 2 fully saturated rings. The van der Waals surface area contributed by atoms with E-state index in [-0.39, 0.29) is 18.2 Å². The Kier molecular flexibility index (Phi) is 7.02. The molecular formula is C24H39N5O2. The third-order valence-corrected chi connectivity index (χ3v) is 6.19. The number of hydrogen-bond donors (Lipinski definition) is 2. The highest BCUT2D eigenvalue weighted by Crippen LogP contribution is 2.36. The van der Waals surface area contributed by atoms with Crippen molar-refractivity contribution in [3.8, 4) is 0 Å². The number of carbonyl (C=O) groups excluding carboxylic acids is 1. The number of amides is 1. The van der Waals surface area contributed by atoms with E-state index in [4.69, 9.17) is 4.74 Å². The number of fused-ring (bicyclic) bond motifs is 2. The monoisotopic (exact) mass is 429 g/mol. The van der Waals surface area contributed by atoms with Gasteiger partial charge in [0, 0.05) is 51.5 Å². The zero-order valence-corrected chi connectivity index (χ0v) is 20.2. The number of benzene rings is 1. The smallest absolute Gasteiger partial charge is 0.410 e. The Labute approximate surface area is 187 Å². The number of rotatable bonds is 4. The van der Waals surface area contributed by atoms with E-state index in [0.717, 1.165) is 38.2 Å². The molecular weight excluding hydrogens is 390 g/mol. The third kappa shape index (κ3) is 5.83. The van der Waals surface area contributed by atoms with E-state index >= 15 is 0 Å². The summed E-state index contributed by atoms with van der Waals surface area (Å²) >= 11 is 0. The lowest BCUT2D eigenvalue weighted by Gasteiger charge is -2.40. The van der Waals surface area contributed by atoms with Crippen molar-refractivity contribution in [2.24, 2.45) is 4.99 Å². The maximum Gasteiger partial charge on any atom is 0.410 e. The molecule has 2 saturated heterocycles. The molecule has 7 heteroatoms. The lowest BCUT2D eigenvalue weighted by molar-refractivity contribution is 0.00545. The number of guanidine groups is 1. The molecule has 7 nitrogen and oxygen atoms in total. The van der Waals surface area contributed by atoms with Crippen LogP contribution in [0.5, 0.6) is 0 Å². The van der Waals surface area contributed by atoms with Crippen molar-refractivity contribution in [2.45, 2.75) is 83.6 Å². The number of aliphatic imine (C=N–C) groups is 1. The van der Waals surface area contributed by atoms with Crippen LogP contribution in [-0.4, -0.2) is 61.8 Å². The Bertz CT molecular complexity index is 801. The molecule has 172 valence electrons. The van der Waals surface area contributed by atoms with Crippen LogP contribution in [0.4, 0.5) is 10.5 Å². The average molecular weight is 430 g/mol. The molecule has 2 aliphatic rings. The summed E-state index contributed by atoms with van der Waals surface area (Å²) in [5.41, 5.74) is 3.27. The molecule has 2 N–H and O–H groups in total. The largest absolute Gasteiger partial charge is 0.444 e. The van der Waals surface area contributed by atoms with E-state index in [1.165, 1.54) is 16.8 Å². The van der Waals surface area contributed by atoms with Gasteiger partial charge in [0.05, 0.1) is 0 Å². The van der Waals surface area contributed by atoms with E-state index in [9.17, 15) is 4.79 Å². The van der Waals surface area contributed by atoms with Crippen LogP contribution in [0, 0.1) is 6.92 Å². The molecule has 2 heterocycles. The van der Waals surface area contributed by atoms with Gasteiger partial charge in [0.2, 0.25) is 0 Å². The van der Waals surface area contributed by atoms with Crippen molar-refractivity contribution in [3.63, 3.8) is 0 Å². The first kappa shape index (κ1) is 23.2. The van der Waals surface area contributed by atoms with Crippen LogP contribution in [0.25, 0.3) is 0 Å². The van der Waals surface area contributed by atoms with Gasteiger partial charge in [0.1, 0.15) is 5.60 Å². The van der Waals surface area contributed by atoms with E-state index < -0.39 is 5.60 Å². The number of nitrogens with zero attached hydrogens (tertiary/aromatic N) is 3. The fraction of sp³-hybridized carbons (Fsp3) is 0.667. The molecule has 2 bridgehead atoms. The molecule has 0 saturated carbocycles. The summed E-state index contributed by atoms with van der Waals surface area (Å²) in [6.45, 7) is 8.64. The van der Waals surface area contributed by atoms with Gasteiger partial charge in [-0.25, -0.2) is 4.79 Å². The number of carbonyl (C=O) groups is 1. The fourth-order valence-corrected chi connectivity index (χ4v) is 4.63. The minimum absolute atomic E-state index is 0.169. The van der Waals surface area contributed by atoms with E-state index in [1.807, 2.05) is 32.7 Å². The quantitative estimate of drug-likeness (QED) is 0.565. The van der Waals surface area contributed by atoms with Gasteiger partial charge >= 0.3 is 6.09 Å². The second-order valence-electron chi connectivity index (χ2n) is 10.0. The second kappa shape index (κ2) is 9.37. The van der Waals surface area contributed by atoms with Crippen molar-refractivity contribution in [1.82, 2.24) is 15.5 Å². The van der Waals surface area contributed by atoms with Gasteiger partial charge < -0.3 is 25.2 Å². The SMILES string of the molecule is CN=C(NCc1ccc(N(C)C)cc1C)NC1CC2CCC(C1)N2C(=O)OC(C)(C)C. The number of aryl methyl sites for hydroxylation is 1. The van der Waals surface area contributed by atoms with Crippen LogP contribution in [0.2, 0.25) is 0 Å². The summed E-state index contributed by atoms with van der Waals surface area (Å²) in [5, 5.41) is 7.04. The van der Waals surface area contributed by atoms with Crippen molar-refractivity contribution in [2.75, 3.05) is 26.0 Å². The Morgan fingerprint density at radius 3 is 2.39 bits per heavy atom. The highest BCUT2D eigenvalue weighted by Gasteiger charge is 2.45. The summed E-state index contributed by atoms with van der Waals surface area (Å²) < 4.78 is 5.64. The second-order valence-corrected chi connectivity index (χ2v) is 10.0. The predicted octanol–water partition coefficient (Wildman–Crippen LogP) is 3.66. The maximum atomic E-state index is 12.7. The van der Waals surface area contributed by atoms with E-state index in [1.54, 1.807) is 0 Å². The van der Waals surface area contributed by atoms with Gasteiger partial charge in [0.15, 0.2) is 5.96 Å². The Morgan fingerprint density at radius 1 is 1.23 bits per heavy atom. The molecule has 1 aromatic rings. The first-order valence-electron chi connectivity index (χ1n) is 11.3. The Morgan fingerprint density at radius 2 is 1.87 bits per heavy atom. The van der Waals surface area contributed by atoms with Crippen molar-refractivity contribution >= 4 is 17.7 Å². The topological polar surface area (TPSA) is 69.2 Å². The molecule has 0 spiro atoms. The molecule has 2 unspecified atom stereocenters. The molecule has 0 radical (unpaired) electrons. The van der Waals surface area contributed by atoms with Crippen molar-refractivity contribution < 1.29 is 9.53 Å². The summed E-state index contributed by atoms with van der Waals surface area (Å²) in [5.74, 6) is 0.811. The van der Waals surface area contributed by atoms with Crippen LogP contribution in [-0.2, 0) is 11.3 Å². The van der Waals surface area contributed by atoms with E-state index in [0.29, 0.717) is 6.04 Å². The maximum absolute atomic E-state index is 12.7. The van der Waals surface area contributed by atoms with E-state index in [2.05, 4.69) is 59.7 Å². The van der Waals surface area contributed by atoms with Crippen LogP contribution < -0.4 is 15.5 Å². The Balaban J connectivity index is 1.55. The lowest BCUT2D eigenvalue weighted by atomic mass is 9.98. The van der Waals surface area contributed by atoms with Crippen LogP contribution in [0.3, 0.4) is 0 Å². The molecule has 3 rings (SSSR count). The van der Waals surface area contributed by atoms with Crippen molar-refractivity contribution in [3.05, 3.63) is 29.3 Å². The molecule has 31 heavy (non-hydrogen) atoms. The van der Waals surface area contributed by atoms with Crippen molar-refractivity contribution in [1.29, 1.82) is 0 Å². The van der Waals surface area contributed by atoms with Gasteiger partial charge in [-0.1, -0.05) is 6.07 Å². The van der Waals surface area contributed by atoms with Crippen LogP contribution in [0.1, 0.15) is 57.6 Å². The lowest BCUT2D eigenvalue weighted by Crippen LogP contribution is -2.54. The van der Waals surface area contributed by atoms with Crippen LogP contribution in [0.15, 0.2) is 23.2 Å². The molecule has 0 aromatic heterocycles. The summed E-state index contributed by atoms with van der Waals surface area (Å²) in [6.07, 6.45) is 3.77. The molecule has 1 amide bonds. The molecule has 0 aliphatic carbocycles. The number of piperidine rings is 1. The minimum atomic E-state index is -0.458. The number of ether oxygens (including phenoxy) is 1. The van der Waals surface area contributed by atoms with Gasteiger partial charge in [0.25, 0.3) is 0 Å². The van der Waals surface area contributed by atoms with Gasteiger partial charge in [-0.2, -0.15) is 0 Å². The standard InChI is InChI=1S/C24H39N5O2/c1-16-12-19(28(6)7)9-8-17(16)15-26-22(25-5)27-18-13-20-10-11-21(14-18)29(20)23(30)31-24(2,3)4/h8-9,12,18,20-21H,10-11,13-15H2,1-7H3,(H2,25,26,27). The minimum Gasteiger partial charge on any atom is -0.444 e. The van der Waals surface area contributed by atoms with Gasteiger partial charge in [-0.15, -0.1) is 0 Å². The van der Waals surface area contributed by atoms with Crippen LogP contribution >= 0.6 is 0 Å². The highest BCUT2D eigenvalue weighted by molar-refractivity contribution is 5.80. The van der Waals surface area contributed by atoms with Gasteiger partial charge in [-0.05, 0) is 76.6 Å². The molecule has 1 aromatic carbocycles. The first-order valence-corrected chi connectivity index (χ1v) is 11.3. The zero-order chi connectivity index (χ0) is 22.8. The first-order chi connectivity index (χ1) is 14.6. The summed E-state index contributed by atoms with van der Waals surface area (Å²) in [4.78, 5) is 21.2. The Hall–Kier alpha value is -2.44. The predicted molar refractivity (Wildman–Crippen MR) is 127 cm³/mol.